The number of amides is 1. The maximum absolute atomic E-state index is 12.3. The third kappa shape index (κ3) is 3.50. The number of aromatic nitrogens is 2. The largest absolute Gasteiger partial charge is 0.441 e. The normalized spacial score (nSPS) is 11.0. The molecule has 0 aliphatic carbocycles. The average Bonchev–Trinajstić information content (AvgIpc) is 3.28. The van der Waals surface area contributed by atoms with E-state index >= 15 is 0 Å². The Morgan fingerprint density at radius 3 is 2.81 bits per heavy atom. The molecule has 2 heterocycles. The number of aryl methyl sites for hydroxylation is 1. The van der Waals surface area contributed by atoms with E-state index in [0.717, 1.165) is 33.8 Å². The van der Waals surface area contributed by atoms with Crippen LogP contribution in [0, 0.1) is 0 Å². The van der Waals surface area contributed by atoms with Crippen molar-refractivity contribution in [2.75, 3.05) is 5.32 Å². The number of nitrogens with one attached hydrogen (secondary N) is 1. The predicted molar refractivity (Wildman–Crippen MR) is 103 cm³/mol. The summed E-state index contributed by atoms with van der Waals surface area (Å²) in [5.74, 6) is 0.591. The molecule has 0 unspecified atom stereocenters. The molecule has 4 rings (SSSR count). The zero-order valence-electron chi connectivity index (χ0n) is 14.2. The lowest BCUT2D eigenvalue weighted by Crippen LogP contribution is -2.14. The molecule has 0 saturated carbocycles. The second kappa shape index (κ2) is 7.09. The molecule has 0 radical (unpaired) electrons. The average molecular weight is 363 g/mol. The molecule has 130 valence electrons. The molecule has 1 amide bonds. The van der Waals surface area contributed by atoms with Crippen LogP contribution in [-0.2, 0) is 17.6 Å². The molecule has 26 heavy (non-hydrogen) atoms. The van der Waals surface area contributed by atoms with Crippen molar-refractivity contribution in [1.82, 2.24) is 9.97 Å². The van der Waals surface area contributed by atoms with Gasteiger partial charge in [0, 0.05) is 23.1 Å². The van der Waals surface area contributed by atoms with Crippen LogP contribution < -0.4 is 5.32 Å². The number of fused-ring (bicyclic) bond motifs is 1. The van der Waals surface area contributed by atoms with Crippen LogP contribution in [0.3, 0.4) is 0 Å². The molecule has 6 heteroatoms. The van der Waals surface area contributed by atoms with Crippen LogP contribution in [0.5, 0.6) is 0 Å². The minimum atomic E-state index is -0.103. The Morgan fingerprint density at radius 2 is 2.00 bits per heavy atom. The highest BCUT2D eigenvalue weighted by molar-refractivity contribution is 7.13. The predicted octanol–water partition coefficient (Wildman–Crippen LogP) is 4.69. The standard InChI is InChI=1S/C20H17N3O2S/c1-2-19-23-16-10-14(8-9-17(16)25-19)21-18(24)11-15-12-26-20(22-15)13-6-4-3-5-7-13/h3-10,12H,2,11H2,1H3,(H,21,24). The lowest BCUT2D eigenvalue weighted by atomic mass is 10.2. The molecule has 0 bridgehead atoms. The van der Waals surface area contributed by atoms with Gasteiger partial charge in [0.15, 0.2) is 11.5 Å². The molecule has 0 atom stereocenters. The van der Waals surface area contributed by atoms with Gasteiger partial charge in [-0.2, -0.15) is 0 Å². The molecule has 0 aliphatic heterocycles. The lowest BCUT2D eigenvalue weighted by molar-refractivity contribution is -0.115. The molecule has 0 aliphatic rings. The van der Waals surface area contributed by atoms with Gasteiger partial charge in [0.25, 0.3) is 0 Å². The van der Waals surface area contributed by atoms with Crippen LogP contribution in [0.2, 0.25) is 0 Å². The minimum Gasteiger partial charge on any atom is -0.441 e. The van der Waals surface area contributed by atoms with Gasteiger partial charge < -0.3 is 9.73 Å². The maximum atomic E-state index is 12.3. The SMILES string of the molecule is CCc1nc2cc(NC(=O)Cc3csc(-c4ccccc4)n3)ccc2o1. The summed E-state index contributed by atoms with van der Waals surface area (Å²) in [6.07, 6.45) is 0.977. The maximum Gasteiger partial charge on any atom is 0.230 e. The van der Waals surface area contributed by atoms with Gasteiger partial charge in [0.05, 0.1) is 12.1 Å². The van der Waals surface area contributed by atoms with Crippen molar-refractivity contribution in [2.24, 2.45) is 0 Å². The summed E-state index contributed by atoms with van der Waals surface area (Å²) in [5.41, 5.74) is 4.01. The number of thiazole rings is 1. The molecule has 2 aromatic heterocycles. The number of anilines is 1. The summed E-state index contributed by atoms with van der Waals surface area (Å²) in [5, 5.41) is 5.75. The first kappa shape index (κ1) is 16.5. The van der Waals surface area contributed by atoms with Crippen LogP contribution in [0.25, 0.3) is 21.7 Å². The number of rotatable bonds is 5. The molecule has 0 spiro atoms. The number of hydrogen-bond donors (Lipinski definition) is 1. The van der Waals surface area contributed by atoms with Crippen LogP contribution in [0.1, 0.15) is 18.5 Å². The van der Waals surface area contributed by atoms with E-state index in [4.69, 9.17) is 4.42 Å². The Labute approximate surface area is 154 Å². The third-order valence-corrected chi connectivity index (χ3v) is 4.87. The number of carbonyl (C=O) groups excluding carboxylic acids is 1. The summed E-state index contributed by atoms with van der Waals surface area (Å²) in [6.45, 7) is 1.99. The highest BCUT2D eigenvalue weighted by Gasteiger charge is 2.11. The molecule has 4 aromatic rings. The van der Waals surface area contributed by atoms with Crippen LogP contribution in [-0.4, -0.2) is 15.9 Å². The van der Waals surface area contributed by atoms with Crippen LogP contribution >= 0.6 is 11.3 Å². The molecule has 0 saturated heterocycles. The van der Waals surface area contributed by atoms with Crippen molar-refractivity contribution in [2.45, 2.75) is 19.8 Å². The summed E-state index contributed by atoms with van der Waals surface area (Å²) in [6, 6.07) is 15.4. The van der Waals surface area contributed by atoms with Crippen molar-refractivity contribution in [3.05, 3.63) is 65.5 Å². The first-order valence-electron chi connectivity index (χ1n) is 8.40. The Bertz CT molecular complexity index is 1050. The van der Waals surface area contributed by atoms with E-state index in [0.29, 0.717) is 11.6 Å². The van der Waals surface area contributed by atoms with Crippen molar-refractivity contribution < 1.29 is 9.21 Å². The molecular formula is C20H17N3O2S. The molecular weight excluding hydrogens is 346 g/mol. The Balaban J connectivity index is 1.45. The number of benzene rings is 2. The summed E-state index contributed by atoms with van der Waals surface area (Å²) >= 11 is 1.54. The van der Waals surface area contributed by atoms with E-state index in [-0.39, 0.29) is 12.3 Å². The summed E-state index contributed by atoms with van der Waals surface area (Å²) in [7, 11) is 0. The number of oxazole rings is 1. The summed E-state index contributed by atoms with van der Waals surface area (Å²) < 4.78 is 5.59. The van der Waals surface area contributed by atoms with Gasteiger partial charge in [-0.3, -0.25) is 4.79 Å². The van der Waals surface area contributed by atoms with Crippen molar-refractivity contribution in [1.29, 1.82) is 0 Å². The van der Waals surface area contributed by atoms with Crippen molar-refractivity contribution in [3.63, 3.8) is 0 Å². The first-order valence-corrected chi connectivity index (χ1v) is 9.28. The smallest absolute Gasteiger partial charge is 0.230 e. The molecule has 2 aromatic carbocycles. The number of nitrogens with zero attached hydrogens (tertiary/aromatic N) is 2. The Kier molecular flexibility index (Phi) is 4.50. The fourth-order valence-corrected chi connectivity index (χ4v) is 3.50. The molecule has 0 fully saturated rings. The van der Waals surface area contributed by atoms with Gasteiger partial charge in [0.1, 0.15) is 10.5 Å². The van der Waals surface area contributed by atoms with Crippen LogP contribution in [0.15, 0.2) is 58.3 Å². The van der Waals surface area contributed by atoms with Crippen LogP contribution in [0.4, 0.5) is 5.69 Å². The van der Waals surface area contributed by atoms with E-state index < -0.39 is 0 Å². The van der Waals surface area contributed by atoms with E-state index in [9.17, 15) is 4.79 Å². The fourth-order valence-electron chi connectivity index (χ4n) is 2.68. The monoisotopic (exact) mass is 363 g/mol. The number of hydrogen-bond acceptors (Lipinski definition) is 5. The van der Waals surface area contributed by atoms with Crippen molar-refractivity contribution >= 4 is 34.0 Å². The van der Waals surface area contributed by atoms with Gasteiger partial charge in [-0.1, -0.05) is 37.3 Å². The van der Waals surface area contributed by atoms with Gasteiger partial charge in [0.2, 0.25) is 5.91 Å². The molecule has 1 N–H and O–H groups in total. The highest BCUT2D eigenvalue weighted by atomic mass is 32.1. The Morgan fingerprint density at radius 1 is 1.15 bits per heavy atom. The summed E-state index contributed by atoms with van der Waals surface area (Å²) in [4.78, 5) is 21.3. The number of carbonyl (C=O) groups is 1. The van der Waals surface area contributed by atoms with Gasteiger partial charge in [-0.05, 0) is 18.2 Å². The molecule has 5 nitrogen and oxygen atoms in total. The zero-order valence-corrected chi connectivity index (χ0v) is 15.0. The van der Waals surface area contributed by atoms with Crippen molar-refractivity contribution in [3.8, 4) is 10.6 Å². The van der Waals surface area contributed by atoms with Gasteiger partial charge in [-0.25, -0.2) is 9.97 Å². The van der Waals surface area contributed by atoms with E-state index in [2.05, 4.69) is 15.3 Å². The fraction of sp³-hybridized carbons (Fsp3) is 0.150. The quantitative estimate of drug-likeness (QED) is 0.558. The Hall–Kier alpha value is -2.99. The van der Waals surface area contributed by atoms with E-state index in [1.807, 2.05) is 60.8 Å². The van der Waals surface area contributed by atoms with E-state index in [1.165, 1.54) is 0 Å². The van der Waals surface area contributed by atoms with E-state index in [1.54, 1.807) is 11.3 Å². The van der Waals surface area contributed by atoms with Gasteiger partial charge >= 0.3 is 0 Å². The highest BCUT2D eigenvalue weighted by Crippen LogP contribution is 2.24. The second-order valence-electron chi connectivity index (χ2n) is 5.88. The van der Waals surface area contributed by atoms with Gasteiger partial charge in [-0.15, -0.1) is 11.3 Å². The second-order valence-corrected chi connectivity index (χ2v) is 6.74. The third-order valence-electron chi connectivity index (χ3n) is 3.93. The first-order chi connectivity index (χ1) is 12.7. The topological polar surface area (TPSA) is 68.0 Å². The lowest BCUT2D eigenvalue weighted by Gasteiger charge is -2.03. The zero-order chi connectivity index (χ0) is 17.9. The minimum absolute atomic E-state index is 0.103.